The van der Waals surface area contributed by atoms with E-state index in [9.17, 15) is 34.5 Å². The van der Waals surface area contributed by atoms with Crippen LogP contribution in [0.15, 0.2) is 91.0 Å². The van der Waals surface area contributed by atoms with Crippen LogP contribution in [0.5, 0.6) is 11.5 Å². The van der Waals surface area contributed by atoms with E-state index in [4.69, 9.17) is 73.2 Å². The monoisotopic (exact) mass is 2040 g/mol. The van der Waals surface area contributed by atoms with Crippen molar-refractivity contribution in [3.05, 3.63) is 108 Å². The lowest BCUT2D eigenvalue weighted by Crippen LogP contribution is -2.61. The number of carboxylic acid groups (broad SMARTS) is 1. The average Bonchev–Trinajstić information content (AvgIpc) is 1.48. The molecule has 0 radical (unpaired) electrons. The molecular formula is C90H140N32O19S2. The number of carboxylic acids is 1. The van der Waals surface area contributed by atoms with Crippen molar-refractivity contribution in [3.63, 3.8) is 0 Å². The van der Waals surface area contributed by atoms with Crippen molar-refractivity contribution in [2.75, 3.05) is 70.4 Å². The molecule has 53 heteroatoms. The second-order valence-corrected chi connectivity index (χ2v) is 37.0. The number of primary amides is 2. The highest BCUT2D eigenvalue weighted by Crippen LogP contribution is 2.27. The number of aliphatic carboxylic acids is 1. The lowest BCUT2D eigenvalue weighted by molar-refractivity contribution is -0.142. The Morgan fingerprint density at radius 1 is 0.413 bits per heavy atom. The predicted molar refractivity (Wildman–Crippen MR) is 536 cm³/mol. The molecule has 2 aliphatic rings. The number of fused-ring (bicyclic) bond motifs is 2. The number of rotatable bonds is 47. The number of nitrogens with one attached hydrogen (secondary N) is 22. The zero-order chi connectivity index (χ0) is 105. The minimum atomic E-state index is -1.92. The lowest BCUT2D eigenvalue weighted by Gasteiger charge is -2.31. The van der Waals surface area contributed by atoms with Crippen LogP contribution >= 0.6 is 21.6 Å². The van der Waals surface area contributed by atoms with Crippen molar-refractivity contribution in [1.82, 2.24) is 101 Å². The van der Waals surface area contributed by atoms with Gasteiger partial charge in [0.25, 0.3) is 0 Å². The van der Waals surface area contributed by atoms with E-state index in [0.717, 1.165) is 27.0 Å². The van der Waals surface area contributed by atoms with Crippen LogP contribution in [0.4, 0.5) is 9.59 Å². The highest BCUT2D eigenvalue weighted by Gasteiger charge is 2.43. The number of nitrogens with two attached hydrogens (primary N) is 9. The predicted octanol–water partition coefficient (Wildman–Crippen LogP) is -5.90. The summed E-state index contributed by atoms with van der Waals surface area (Å²) in [6.45, 7) is -0.209. The largest absolute Gasteiger partial charge is 0.508 e. The summed E-state index contributed by atoms with van der Waals surface area (Å²) < 4.78 is 0. The number of nitrogens with zero attached hydrogens (tertiary/aromatic N) is 1. The van der Waals surface area contributed by atoms with Gasteiger partial charge in [0.2, 0.25) is 76.8 Å². The maximum absolute atomic E-state index is 16.0. The van der Waals surface area contributed by atoms with Crippen molar-refractivity contribution in [2.45, 2.75) is 232 Å². The van der Waals surface area contributed by atoms with Gasteiger partial charge in [-0.2, -0.15) is 0 Å². The third kappa shape index (κ3) is 43.7. The molecule has 2 aliphatic heterocycles. The van der Waals surface area contributed by atoms with Gasteiger partial charge in [0.1, 0.15) is 90.0 Å². The number of hydrogen-bond donors (Lipinski definition) is 34. The van der Waals surface area contributed by atoms with Crippen LogP contribution in [0, 0.1) is 21.6 Å². The van der Waals surface area contributed by atoms with Crippen LogP contribution in [0.2, 0.25) is 0 Å². The molecule has 14 atom stereocenters. The topological polar surface area (TPSA) is 883 Å². The molecule has 4 aromatic carbocycles. The number of phenolic OH excluding ortho intramolecular Hbond substituents is 2. The van der Waals surface area contributed by atoms with Gasteiger partial charge in [0.05, 0.1) is 6.04 Å². The van der Waals surface area contributed by atoms with Crippen LogP contribution in [0.1, 0.15) is 145 Å². The molecule has 143 heavy (non-hydrogen) atoms. The third-order valence-electron chi connectivity index (χ3n) is 23.1. The molecule has 0 aliphatic carbocycles. The third-order valence-corrected chi connectivity index (χ3v) is 25.5. The SMILES string of the molecule is N=C(N)NCCC[C@H](NC(=O)[C@@H]1CSSC[C@H](NC(=O)[C@H](Cc2ccc3ccccc3c2)NC(=O)[C@H](CCCNC(=N)N)NC(=O)[C@@H](N)CCCNC(=N)N)C(=O)N[C@@H](Cc2ccc(O)cc2)C(=O)N[C@@H](CCCNC(N)=O)C(=O)N[C@@H](CCCCN)C(=O)N[C@H](CCCCN)C(=O)N2CCC[C@H]2C(=O)N[C@@H](Cc2ccc(O)cc2)C(=O)N[C@@H](CCCNC(=N)N)C(=O)N[C@@H](CCCNC(N)=O)C(=O)N1)C(=O)O. The molecule has 4 aromatic rings. The summed E-state index contributed by atoms with van der Waals surface area (Å²) in [4.78, 5) is 238. The molecule has 2 heterocycles. The first kappa shape index (κ1) is 117. The van der Waals surface area contributed by atoms with Gasteiger partial charge >= 0.3 is 18.0 Å². The number of carbonyl (C=O) groups excluding carboxylic acids is 15. The zero-order valence-corrected chi connectivity index (χ0v) is 81.3. The van der Waals surface area contributed by atoms with E-state index in [1.165, 1.54) is 53.4 Å². The summed E-state index contributed by atoms with van der Waals surface area (Å²) in [6.07, 6.45) is -1.68. The number of aromatic hydroxyl groups is 2. The van der Waals surface area contributed by atoms with E-state index in [-0.39, 0.29) is 204 Å². The van der Waals surface area contributed by atoms with E-state index in [1.54, 1.807) is 36.4 Å². The summed E-state index contributed by atoms with van der Waals surface area (Å²) >= 11 is 0. The Balaban J connectivity index is 1.61. The van der Waals surface area contributed by atoms with Gasteiger partial charge in [-0.25, -0.2) is 14.4 Å². The number of urea groups is 2. The van der Waals surface area contributed by atoms with Crippen molar-refractivity contribution < 1.29 is 92.0 Å². The number of phenols is 2. The van der Waals surface area contributed by atoms with Crippen LogP contribution in [0.3, 0.4) is 0 Å². The van der Waals surface area contributed by atoms with Crippen LogP contribution in [-0.2, 0) is 86.4 Å². The van der Waals surface area contributed by atoms with Gasteiger partial charge < -0.3 is 168 Å². The smallest absolute Gasteiger partial charge is 0.326 e. The van der Waals surface area contributed by atoms with Crippen LogP contribution < -0.4 is 147 Å². The first-order valence-electron chi connectivity index (χ1n) is 47.2. The summed E-state index contributed by atoms with van der Waals surface area (Å²) in [6, 6.07) is -1.70. The number of guanidine groups is 4. The minimum Gasteiger partial charge on any atom is -0.508 e. The second-order valence-electron chi connectivity index (χ2n) is 34.4. The molecule has 0 aromatic heterocycles. The minimum absolute atomic E-state index is 0.00525. The molecule has 43 N–H and O–H groups in total. The van der Waals surface area contributed by atoms with Crippen molar-refractivity contribution in [3.8, 4) is 11.5 Å². The molecule has 0 unspecified atom stereocenters. The fraction of sp³-hybridized carbons (Fsp3) is 0.533. The first-order valence-corrected chi connectivity index (χ1v) is 49.7. The maximum Gasteiger partial charge on any atom is 0.326 e. The molecule has 0 saturated carbocycles. The Kier molecular flexibility index (Phi) is 51.4. The van der Waals surface area contributed by atoms with Gasteiger partial charge in [0, 0.05) is 76.6 Å². The summed E-state index contributed by atoms with van der Waals surface area (Å²) in [5.74, 6) is -18.1. The zero-order valence-electron chi connectivity index (χ0n) is 79.6. The highest BCUT2D eigenvalue weighted by molar-refractivity contribution is 8.76. The first-order chi connectivity index (χ1) is 68.2. The normalized spacial score (nSPS) is 20.2. The number of amides is 17. The molecule has 17 amide bonds. The van der Waals surface area contributed by atoms with Crippen LogP contribution in [-0.4, -0.2) is 294 Å². The van der Waals surface area contributed by atoms with E-state index in [1.807, 2.05) is 6.07 Å². The molecule has 2 fully saturated rings. The Hall–Kier alpha value is -14.5. The standard InChI is InChI=1S/C90H140N32O19S2/c91-35-5-3-17-58-74(128)115-63(18-4-6-36-92)83(137)122-43-13-24-70(122)82(136)119-66(46-51-28-33-56(124)34-29-51)78(132)114-60(20-9-39-106-87(98)99)73(127)112-62(22-11-42-109-90(103)141)76(130)120-68(80(134)116-64(84(138)139)23-12-40-107-88(100)101)48-142-143-49-69(81(135)118-65(45-50-26-31-55(123)32-27-50)77(131)113-61(72(126)111-58)21-10-41-108-89(102)140)121-79(133)67(47-52-25-30-53-14-1-2-15-54(53)44-52)117-75(129)59(19-8-38-105-86(96)97)110-71(125)57(93)16-7-37-104-85(94)95/h1-2,14-15,25-34,44,57-70,123-124H,3-13,16-24,35-43,45-49,91-93H2,(H,110,125)(H,111,126)(H,112,127)(H,113,131)(H,114,132)(H,115,128)(H,116,134)(H,117,129)(H,118,135)(H,119,136)(H,120,130)(H,121,133)(H,138,139)(H4,94,95,104)(H4,96,97,105)(H4,98,99,106)(H4,100,101,107)(H3,102,108,140)(H3,103,109,141)/t57-,58-,59-,60-,61-,62-,63+,64-,65-,66-,67-,68-,69-,70-/m0/s1. The molecule has 51 nitrogen and oxygen atoms in total. The van der Waals surface area contributed by atoms with Gasteiger partial charge in [-0.3, -0.25) is 84.0 Å². The Labute approximate surface area is 834 Å². The van der Waals surface area contributed by atoms with Crippen molar-refractivity contribution >= 4 is 151 Å². The van der Waals surface area contributed by atoms with Gasteiger partial charge in [-0.1, -0.05) is 88.3 Å². The Morgan fingerprint density at radius 2 is 0.811 bits per heavy atom. The quantitative estimate of drug-likeness (QED) is 0.00848. The molecule has 0 spiro atoms. The number of carbonyl (C=O) groups is 16. The Bertz CT molecular complexity index is 4980. The van der Waals surface area contributed by atoms with Crippen LogP contribution in [0.25, 0.3) is 10.8 Å². The van der Waals surface area contributed by atoms with Gasteiger partial charge in [0.15, 0.2) is 23.8 Å². The second kappa shape index (κ2) is 62.6. The molecule has 6 rings (SSSR count). The lowest BCUT2D eigenvalue weighted by atomic mass is 10.00. The Morgan fingerprint density at radius 3 is 1.29 bits per heavy atom. The number of benzene rings is 4. The summed E-state index contributed by atoms with van der Waals surface area (Å²) in [5, 5.41) is 111. The molecule has 786 valence electrons. The summed E-state index contributed by atoms with van der Waals surface area (Å²) in [5.41, 5.74) is 52.5. The van der Waals surface area contributed by atoms with Crippen molar-refractivity contribution in [2.24, 2.45) is 51.6 Å². The highest BCUT2D eigenvalue weighted by atomic mass is 33.1. The van der Waals surface area contributed by atoms with Crippen molar-refractivity contribution in [1.29, 1.82) is 21.6 Å². The molecule has 0 bridgehead atoms. The van der Waals surface area contributed by atoms with E-state index in [0.29, 0.717) is 29.4 Å². The van der Waals surface area contributed by atoms with E-state index in [2.05, 4.69) is 95.7 Å². The van der Waals surface area contributed by atoms with E-state index >= 15 is 57.5 Å². The van der Waals surface area contributed by atoms with Gasteiger partial charge in [-0.15, -0.1) is 0 Å². The number of hydrogen-bond acceptors (Lipinski definition) is 27. The number of unbranched alkanes of at least 4 members (excludes halogenated alkanes) is 2. The van der Waals surface area contributed by atoms with Gasteiger partial charge in [-0.05, 0) is 193 Å². The maximum atomic E-state index is 16.0. The summed E-state index contributed by atoms with van der Waals surface area (Å²) in [7, 11) is 1.45. The molecular weight excluding hydrogens is 1900 g/mol. The fourth-order valence-electron chi connectivity index (χ4n) is 15.5. The fourth-order valence-corrected chi connectivity index (χ4v) is 17.8. The van der Waals surface area contributed by atoms with E-state index < -0.39 is 222 Å². The molecule has 2 saturated heterocycles. The average molecular weight is 2040 g/mol.